The molecule has 0 aromatic carbocycles. The molecule has 0 aliphatic carbocycles. The average molecular weight is 263 g/mol. The fraction of sp³-hybridized carbons (Fsp3) is 0.778. The van der Waals surface area contributed by atoms with Crippen LogP contribution in [0.2, 0.25) is 0 Å². The zero-order valence-electron chi connectivity index (χ0n) is 9.02. The molecule has 2 fully saturated rings. The van der Waals surface area contributed by atoms with Crippen molar-refractivity contribution in [1.29, 1.82) is 0 Å². The Bertz CT molecular complexity index is 348. The smallest absolute Gasteiger partial charge is 0.294 e. The van der Waals surface area contributed by atoms with Crippen LogP contribution in [0.3, 0.4) is 0 Å². The molecule has 0 amide bonds. The van der Waals surface area contributed by atoms with Gasteiger partial charge in [-0.2, -0.15) is 0 Å². The van der Waals surface area contributed by atoms with E-state index >= 15 is 0 Å². The summed E-state index contributed by atoms with van der Waals surface area (Å²) in [5.41, 5.74) is 0. The molecule has 2 heterocycles. The van der Waals surface area contributed by atoms with Gasteiger partial charge in [-0.25, -0.2) is 0 Å². The maximum Gasteiger partial charge on any atom is 0.294 e. The van der Waals surface area contributed by atoms with E-state index in [0.717, 1.165) is 0 Å². The van der Waals surface area contributed by atoms with Gasteiger partial charge in [-0.15, -0.1) is 16.7 Å². The molecule has 2 rings (SSSR count). The van der Waals surface area contributed by atoms with E-state index in [9.17, 15) is 14.3 Å². The third kappa shape index (κ3) is 2.48. The van der Waals surface area contributed by atoms with E-state index in [4.69, 9.17) is 9.47 Å². The minimum absolute atomic E-state index is 0.0953. The number of hydrogen-bond acceptors (Lipinski definition) is 6. The van der Waals surface area contributed by atoms with E-state index in [0.29, 0.717) is 5.75 Å². The molecule has 17 heavy (non-hydrogen) atoms. The Hall–Kier alpha value is -0.990. The van der Waals surface area contributed by atoms with E-state index in [2.05, 4.69) is 11.4 Å². The lowest BCUT2D eigenvalue weighted by molar-refractivity contribution is -0.769. The van der Waals surface area contributed by atoms with Crippen LogP contribution in [0.15, 0.2) is 12.7 Å². The average Bonchev–Trinajstić information content (AvgIpc) is 2.80. The molecular weight excluding hydrogens is 250 g/mol. The predicted molar refractivity (Wildman–Crippen MR) is 58.3 cm³/mol. The quantitative estimate of drug-likeness (QED) is 0.383. The summed E-state index contributed by atoms with van der Waals surface area (Å²) >= 11 is 0. The summed E-state index contributed by atoms with van der Waals surface area (Å²) in [6.07, 6.45) is -0.0377. The Balaban J connectivity index is 1.99. The number of ether oxygens (including phenoxy) is 2. The molecule has 2 aliphatic heterocycles. The van der Waals surface area contributed by atoms with Crippen LogP contribution in [0.1, 0.15) is 0 Å². The second-order valence-electron chi connectivity index (χ2n) is 3.84. The molecule has 2 saturated heterocycles. The fourth-order valence-corrected chi connectivity index (χ4v) is 3.34. The highest BCUT2D eigenvalue weighted by Crippen LogP contribution is 2.31. The Labute approximate surface area is 100 Å². The van der Waals surface area contributed by atoms with Crippen molar-refractivity contribution in [3.63, 3.8) is 0 Å². The number of nitrogens with zero attached hydrogens (tertiary/aromatic N) is 1. The lowest BCUT2D eigenvalue weighted by Gasteiger charge is -2.14. The Kier molecular flexibility index (Phi) is 3.75. The largest absolute Gasteiger partial charge is 0.372 e. The molecule has 0 spiro atoms. The maximum absolute atomic E-state index is 11.8. The van der Waals surface area contributed by atoms with Gasteiger partial charge in [0.1, 0.15) is 12.2 Å². The standard InChI is InChI=1S/C9H13NO6S/c1-2-3-17(13)7-5-15-8-6(16-10(11)12)4-14-9(7)8/h2,6-9H,1,3-5H2/t6-,7+,8-,9-,17?/m1/s1. The molecule has 0 bridgehead atoms. The molecule has 1 unspecified atom stereocenters. The molecule has 0 aromatic heterocycles. The third-order valence-corrected chi connectivity index (χ3v) is 4.45. The van der Waals surface area contributed by atoms with E-state index < -0.39 is 28.1 Å². The molecule has 7 nitrogen and oxygen atoms in total. The minimum Gasteiger partial charge on any atom is -0.372 e. The summed E-state index contributed by atoms with van der Waals surface area (Å²) in [6.45, 7) is 3.89. The van der Waals surface area contributed by atoms with E-state index in [1.165, 1.54) is 0 Å². The van der Waals surface area contributed by atoms with Crippen LogP contribution < -0.4 is 0 Å². The van der Waals surface area contributed by atoms with Gasteiger partial charge in [-0.3, -0.25) is 4.21 Å². The van der Waals surface area contributed by atoms with Crippen molar-refractivity contribution in [2.24, 2.45) is 0 Å². The first-order valence-corrected chi connectivity index (χ1v) is 6.54. The highest BCUT2D eigenvalue weighted by molar-refractivity contribution is 7.85. The molecule has 8 heteroatoms. The second-order valence-corrected chi connectivity index (χ2v) is 5.54. The first kappa shape index (κ1) is 12.5. The fourth-order valence-electron chi connectivity index (χ4n) is 2.10. The summed E-state index contributed by atoms with van der Waals surface area (Å²) < 4.78 is 22.6. The normalized spacial score (nSPS) is 37.4. The first-order valence-electron chi connectivity index (χ1n) is 5.16. The summed E-state index contributed by atoms with van der Waals surface area (Å²) in [5.74, 6) is 0.362. The number of fused-ring (bicyclic) bond motifs is 1. The highest BCUT2D eigenvalue weighted by Gasteiger charge is 2.51. The lowest BCUT2D eigenvalue weighted by Crippen LogP contribution is -2.36. The summed E-state index contributed by atoms with van der Waals surface area (Å²) in [7, 11) is -1.13. The van der Waals surface area contributed by atoms with Crippen LogP contribution >= 0.6 is 0 Å². The Morgan fingerprint density at radius 2 is 2.18 bits per heavy atom. The van der Waals surface area contributed by atoms with Crippen molar-refractivity contribution in [1.82, 2.24) is 0 Å². The topological polar surface area (TPSA) is 87.9 Å². The zero-order valence-corrected chi connectivity index (χ0v) is 9.84. The summed E-state index contributed by atoms with van der Waals surface area (Å²) in [4.78, 5) is 14.7. The molecule has 2 aliphatic rings. The molecule has 0 saturated carbocycles. The van der Waals surface area contributed by atoms with Gasteiger partial charge >= 0.3 is 0 Å². The maximum atomic E-state index is 11.8. The third-order valence-electron chi connectivity index (χ3n) is 2.80. The van der Waals surface area contributed by atoms with Crippen LogP contribution in [0.4, 0.5) is 0 Å². The lowest BCUT2D eigenvalue weighted by atomic mass is 10.1. The molecule has 96 valence electrons. The van der Waals surface area contributed by atoms with E-state index in [1.54, 1.807) is 6.08 Å². The summed E-state index contributed by atoms with van der Waals surface area (Å²) in [5, 5.41) is 9.14. The molecule has 0 radical (unpaired) electrons. The van der Waals surface area contributed by atoms with E-state index in [-0.39, 0.29) is 24.6 Å². The van der Waals surface area contributed by atoms with Crippen molar-refractivity contribution in [3.8, 4) is 0 Å². The van der Waals surface area contributed by atoms with Gasteiger partial charge in [-0.1, -0.05) is 6.08 Å². The second kappa shape index (κ2) is 5.11. The van der Waals surface area contributed by atoms with Gasteiger partial charge in [0.25, 0.3) is 5.09 Å². The Morgan fingerprint density at radius 1 is 1.47 bits per heavy atom. The SMILES string of the molecule is C=CCS(=O)[C@H]1CO[C@H]2[C@@H]1OC[C@H]2O[N+](=O)[O-]. The first-order chi connectivity index (χ1) is 8.13. The zero-order chi connectivity index (χ0) is 12.4. The van der Waals surface area contributed by atoms with Crippen molar-refractivity contribution in [3.05, 3.63) is 22.8 Å². The van der Waals surface area contributed by atoms with Crippen LogP contribution in [-0.4, -0.2) is 51.8 Å². The van der Waals surface area contributed by atoms with Crippen molar-refractivity contribution >= 4 is 10.8 Å². The van der Waals surface area contributed by atoms with Crippen molar-refractivity contribution in [2.75, 3.05) is 19.0 Å². The van der Waals surface area contributed by atoms with Gasteiger partial charge in [-0.05, 0) is 0 Å². The van der Waals surface area contributed by atoms with Crippen molar-refractivity contribution < 1.29 is 23.6 Å². The van der Waals surface area contributed by atoms with Gasteiger partial charge in [0, 0.05) is 16.6 Å². The van der Waals surface area contributed by atoms with Gasteiger partial charge < -0.3 is 14.3 Å². The van der Waals surface area contributed by atoms with Crippen LogP contribution in [0, 0.1) is 10.1 Å². The molecular formula is C9H13NO6S. The minimum atomic E-state index is -1.13. The van der Waals surface area contributed by atoms with E-state index in [1.807, 2.05) is 0 Å². The summed E-state index contributed by atoms with van der Waals surface area (Å²) in [6, 6.07) is 0. The molecule has 0 N–H and O–H groups in total. The highest BCUT2D eigenvalue weighted by atomic mass is 32.2. The van der Waals surface area contributed by atoms with Crippen LogP contribution in [0.25, 0.3) is 0 Å². The molecule has 5 atom stereocenters. The van der Waals surface area contributed by atoms with Crippen LogP contribution in [0.5, 0.6) is 0 Å². The van der Waals surface area contributed by atoms with Crippen LogP contribution in [-0.2, 0) is 25.1 Å². The van der Waals surface area contributed by atoms with Gasteiger partial charge in [0.2, 0.25) is 0 Å². The van der Waals surface area contributed by atoms with Crippen molar-refractivity contribution in [2.45, 2.75) is 23.6 Å². The predicted octanol–water partition coefficient (Wildman–Crippen LogP) is -0.336. The number of hydrogen-bond donors (Lipinski definition) is 0. The van der Waals surface area contributed by atoms with Gasteiger partial charge in [0.15, 0.2) is 6.10 Å². The molecule has 0 aromatic rings. The van der Waals surface area contributed by atoms with Gasteiger partial charge in [0.05, 0.1) is 18.5 Å². The number of rotatable bonds is 5. The monoisotopic (exact) mass is 263 g/mol. The Morgan fingerprint density at radius 3 is 2.82 bits per heavy atom.